The van der Waals surface area contributed by atoms with Crippen LogP contribution in [0, 0.1) is 12.7 Å². The number of aryl methyl sites for hydroxylation is 1. The Labute approximate surface area is 159 Å². The fourth-order valence-electron chi connectivity index (χ4n) is 2.32. The maximum absolute atomic E-state index is 13.5. The Morgan fingerprint density at radius 3 is 2.52 bits per heavy atom. The molecule has 3 amide bonds. The van der Waals surface area contributed by atoms with Crippen LogP contribution in [0.5, 0.6) is 0 Å². The molecule has 0 aliphatic heterocycles. The fourth-order valence-corrected chi connectivity index (χ4v) is 3.12. The Morgan fingerprint density at radius 1 is 1.07 bits per heavy atom. The summed E-state index contributed by atoms with van der Waals surface area (Å²) in [6, 6.07) is 14.4. The number of para-hydroxylation sites is 2. The summed E-state index contributed by atoms with van der Waals surface area (Å²) in [4.78, 5) is 23.8. The number of aromatic nitrogens is 3. The van der Waals surface area contributed by atoms with E-state index in [1.54, 1.807) is 6.07 Å². The molecule has 7 nitrogen and oxygen atoms in total. The number of imide groups is 1. The van der Waals surface area contributed by atoms with Gasteiger partial charge in [-0.15, -0.1) is 10.2 Å². The number of rotatable bonds is 5. The van der Waals surface area contributed by atoms with Crippen LogP contribution >= 0.6 is 11.8 Å². The summed E-state index contributed by atoms with van der Waals surface area (Å²) in [6.07, 6.45) is 0. The molecule has 0 unspecified atom stereocenters. The van der Waals surface area contributed by atoms with Crippen molar-refractivity contribution in [2.75, 3.05) is 11.1 Å². The molecule has 27 heavy (non-hydrogen) atoms. The normalized spacial score (nSPS) is 10.4. The van der Waals surface area contributed by atoms with E-state index in [9.17, 15) is 14.0 Å². The third kappa shape index (κ3) is 4.70. The van der Waals surface area contributed by atoms with Crippen molar-refractivity contribution in [1.29, 1.82) is 0 Å². The van der Waals surface area contributed by atoms with Gasteiger partial charge in [0.1, 0.15) is 11.6 Å². The quantitative estimate of drug-likeness (QED) is 0.659. The number of nitrogens with one attached hydrogen (secondary N) is 2. The summed E-state index contributed by atoms with van der Waals surface area (Å²) >= 11 is 1.15. The Bertz CT molecular complexity index is 961. The van der Waals surface area contributed by atoms with Crippen LogP contribution in [0.3, 0.4) is 0 Å². The van der Waals surface area contributed by atoms with E-state index in [4.69, 9.17) is 0 Å². The smallest absolute Gasteiger partial charge is 0.305 e. The maximum Gasteiger partial charge on any atom is 0.325 e. The van der Waals surface area contributed by atoms with E-state index in [1.807, 2.05) is 41.8 Å². The van der Waals surface area contributed by atoms with E-state index in [-0.39, 0.29) is 11.4 Å². The van der Waals surface area contributed by atoms with Gasteiger partial charge in [0.25, 0.3) is 0 Å². The highest BCUT2D eigenvalue weighted by atomic mass is 32.2. The van der Waals surface area contributed by atoms with Crippen LogP contribution < -0.4 is 10.6 Å². The molecular weight excluding hydrogens is 369 g/mol. The third-order valence-corrected chi connectivity index (χ3v) is 4.45. The lowest BCUT2D eigenvalue weighted by molar-refractivity contribution is -0.117. The van der Waals surface area contributed by atoms with Crippen molar-refractivity contribution in [2.45, 2.75) is 12.1 Å². The number of carbonyl (C=O) groups excluding carboxylic acids is 2. The van der Waals surface area contributed by atoms with Crippen LogP contribution in [0.25, 0.3) is 5.69 Å². The Kier molecular flexibility index (Phi) is 5.82. The highest BCUT2D eigenvalue weighted by Gasteiger charge is 2.15. The number of benzene rings is 2. The summed E-state index contributed by atoms with van der Waals surface area (Å²) in [6.45, 7) is 1.81. The lowest BCUT2D eigenvalue weighted by atomic mass is 10.3. The summed E-state index contributed by atoms with van der Waals surface area (Å²) in [5.74, 6) is -0.480. The molecule has 0 saturated heterocycles. The zero-order valence-electron chi connectivity index (χ0n) is 14.3. The third-order valence-electron chi connectivity index (χ3n) is 3.52. The molecule has 3 rings (SSSR count). The van der Waals surface area contributed by atoms with Crippen molar-refractivity contribution >= 4 is 29.4 Å². The van der Waals surface area contributed by atoms with Crippen molar-refractivity contribution in [2.24, 2.45) is 0 Å². The number of hydrogen-bond donors (Lipinski definition) is 2. The second kappa shape index (κ2) is 8.45. The molecular formula is C18H16FN5O2S. The van der Waals surface area contributed by atoms with Crippen LogP contribution in [-0.2, 0) is 4.79 Å². The van der Waals surface area contributed by atoms with Crippen LogP contribution in [0.15, 0.2) is 59.8 Å². The SMILES string of the molecule is Cc1nnc(SCC(=O)NC(=O)Nc2ccccc2F)n1-c1ccccc1. The van der Waals surface area contributed by atoms with Crippen molar-refractivity contribution in [3.05, 3.63) is 66.2 Å². The van der Waals surface area contributed by atoms with E-state index in [1.165, 1.54) is 18.2 Å². The lowest BCUT2D eigenvalue weighted by Gasteiger charge is -2.09. The molecule has 0 fully saturated rings. The van der Waals surface area contributed by atoms with E-state index in [2.05, 4.69) is 20.8 Å². The van der Waals surface area contributed by atoms with Gasteiger partial charge in [-0.2, -0.15) is 0 Å². The van der Waals surface area contributed by atoms with Crippen molar-refractivity contribution < 1.29 is 14.0 Å². The molecule has 1 aromatic heterocycles. The molecule has 0 saturated carbocycles. The summed E-state index contributed by atoms with van der Waals surface area (Å²) < 4.78 is 15.3. The molecule has 0 bridgehead atoms. The standard InChI is InChI=1S/C18H16FN5O2S/c1-12-22-23-18(24(12)13-7-3-2-4-8-13)27-11-16(25)21-17(26)20-15-10-6-5-9-14(15)19/h2-10H,11H2,1H3,(H2,20,21,25,26). The number of hydrogen-bond acceptors (Lipinski definition) is 5. The number of nitrogens with zero attached hydrogens (tertiary/aromatic N) is 3. The number of anilines is 1. The number of carbonyl (C=O) groups is 2. The molecule has 1 heterocycles. The van der Waals surface area contributed by atoms with Crippen molar-refractivity contribution in [3.8, 4) is 5.69 Å². The predicted octanol–water partition coefficient (Wildman–Crippen LogP) is 3.16. The highest BCUT2D eigenvalue weighted by molar-refractivity contribution is 7.99. The van der Waals surface area contributed by atoms with Gasteiger partial charge in [-0.3, -0.25) is 14.7 Å². The predicted molar refractivity (Wildman–Crippen MR) is 100 cm³/mol. The molecule has 0 atom stereocenters. The molecule has 2 N–H and O–H groups in total. The number of urea groups is 1. The average Bonchev–Trinajstić information content (AvgIpc) is 3.03. The first-order valence-electron chi connectivity index (χ1n) is 8.00. The van der Waals surface area contributed by atoms with Crippen LogP contribution in [0.1, 0.15) is 5.82 Å². The molecule has 3 aromatic rings. The first-order valence-corrected chi connectivity index (χ1v) is 8.99. The molecule has 0 radical (unpaired) electrons. The van der Waals surface area contributed by atoms with Gasteiger partial charge in [-0.1, -0.05) is 42.1 Å². The molecule has 0 aliphatic carbocycles. The summed E-state index contributed by atoms with van der Waals surface area (Å²) in [7, 11) is 0. The van der Waals surface area contributed by atoms with Crippen LogP contribution in [-0.4, -0.2) is 32.5 Å². The van der Waals surface area contributed by atoms with E-state index in [0.29, 0.717) is 11.0 Å². The van der Waals surface area contributed by atoms with Gasteiger partial charge in [0.2, 0.25) is 5.91 Å². The second-order valence-corrected chi connectivity index (χ2v) is 6.41. The first kappa shape index (κ1) is 18.6. The van der Waals surface area contributed by atoms with Crippen molar-refractivity contribution in [3.63, 3.8) is 0 Å². The molecule has 0 aliphatic rings. The maximum atomic E-state index is 13.5. The average molecular weight is 385 g/mol. The molecule has 2 aromatic carbocycles. The first-order chi connectivity index (χ1) is 13.0. The number of amides is 3. The number of thioether (sulfide) groups is 1. The van der Waals surface area contributed by atoms with Crippen LogP contribution in [0.2, 0.25) is 0 Å². The van der Waals surface area contributed by atoms with E-state index >= 15 is 0 Å². The zero-order valence-corrected chi connectivity index (χ0v) is 15.2. The minimum atomic E-state index is -0.800. The van der Waals surface area contributed by atoms with Gasteiger partial charge in [0.15, 0.2) is 5.16 Å². The Hall–Kier alpha value is -3.20. The Balaban J connectivity index is 1.59. The van der Waals surface area contributed by atoms with Gasteiger partial charge in [0.05, 0.1) is 11.4 Å². The fraction of sp³-hybridized carbons (Fsp3) is 0.111. The van der Waals surface area contributed by atoms with Crippen LogP contribution in [0.4, 0.5) is 14.9 Å². The topological polar surface area (TPSA) is 88.9 Å². The molecule has 138 valence electrons. The van der Waals surface area contributed by atoms with E-state index < -0.39 is 17.8 Å². The summed E-state index contributed by atoms with van der Waals surface area (Å²) in [5.41, 5.74) is 0.870. The highest BCUT2D eigenvalue weighted by Crippen LogP contribution is 2.21. The van der Waals surface area contributed by atoms with Gasteiger partial charge >= 0.3 is 6.03 Å². The van der Waals surface area contributed by atoms with Gasteiger partial charge in [-0.05, 0) is 31.2 Å². The lowest BCUT2D eigenvalue weighted by Crippen LogP contribution is -2.35. The zero-order chi connectivity index (χ0) is 19.2. The van der Waals surface area contributed by atoms with E-state index in [0.717, 1.165) is 17.4 Å². The van der Waals surface area contributed by atoms with Gasteiger partial charge in [0, 0.05) is 5.69 Å². The number of halogens is 1. The van der Waals surface area contributed by atoms with Gasteiger partial charge < -0.3 is 5.32 Å². The summed E-state index contributed by atoms with van der Waals surface area (Å²) in [5, 5.41) is 13.1. The minimum Gasteiger partial charge on any atom is -0.305 e. The van der Waals surface area contributed by atoms with Gasteiger partial charge in [-0.25, -0.2) is 9.18 Å². The Morgan fingerprint density at radius 2 is 1.78 bits per heavy atom. The largest absolute Gasteiger partial charge is 0.325 e. The van der Waals surface area contributed by atoms with Crippen molar-refractivity contribution in [1.82, 2.24) is 20.1 Å². The molecule has 0 spiro atoms. The monoisotopic (exact) mass is 385 g/mol. The minimum absolute atomic E-state index is 0.00472. The molecule has 9 heteroatoms. The second-order valence-electron chi connectivity index (χ2n) is 5.47.